The number of hydrogen-bond donors (Lipinski definition) is 0. The van der Waals surface area contributed by atoms with Gasteiger partial charge in [-0.15, -0.1) is 0 Å². The zero-order valence-corrected chi connectivity index (χ0v) is 12.5. The summed E-state index contributed by atoms with van der Waals surface area (Å²) in [5, 5.41) is 3.74. The molecule has 1 heterocycles. The molecule has 0 saturated heterocycles. The highest BCUT2D eigenvalue weighted by molar-refractivity contribution is 5.99. The second-order valence-electron chi connectivity index (χ2n) is 5.79. The second-order valence-corrected chi connectivity index (χ2v) is 5.79. The Kier molecular flexibility index (Phi) is 3.66. The number of hydrogen-bond acceptors (Lipinski definition) is 4. The highest BCUT2D eigenvalue weighted by atomic mass is 16.5. The standard InChI is InChI=1S/C16H19NO3/c1-10(18)13-9-17-20-15(13)12-8-11(16(2,3)4)6-7-14(12)19-5/h6-9H,1-5H3. The summed E-state index contributed by atoms with van der Waals surface area (Å²) < 4.78 is 10.6. The van der Waals surface area contributed by atoms with Gasteiger partial charge in [-0.25, -0.2) is 0 Å². The van der Waals surface area contributed by atoms with Crippen LogP contribution in [-0.2, 0) is 5.41 Å². The minimum absolute atomic E-state index is 0.00255. The van der Waals surface area contributed by atoms with E-state index in [0.717, 1.165) is 11.1 Å². The molecule has 0 saturated carbocycles. The molecule has 0 aliphatic carbocycles. The van der Waals surface area contributed by atoms with Gasteiger partial charge in [0.15, 0.2) is 11.5 Å². The number of aromatic nitrogens is 1. The van der Waals surface area contributed by atoms with Crippen molar-refractivity contribution in [1.29, 1.82) is 0 Å². The van der Waals surface area contributed by atoms with Crippen molar-refractivity contribution in [1.82, 2.24) is 5.16 Å². The molecule has 0 aliphatic heterocycles. The fourth-order valence-corrected chi connectivity index (χ4v) is 2.04. The van der Waals surface area contributed by atoms with Gasteiger partial charge >= 0.3 is 0 Å². The molecule has 0 aliphatic rings. The Morgan fingerprint density at radius 1 is 1.30 bits per heavy atom. The summed E-state index contributed by atoms with van der Waals surface area (Å²) in [4.78, 5) is 11.6. The van der Waals surface area contributed by atoms with Gasteiger partial charge in [0.2, 0.25) is 0 Å². The van der Waals surface area contributed by atoms with Crippen LogP contribution in [-0.4, -0.2) is 18.0 Å². The predicted octanol–water partition coefficient (Wildman–Crippen LogP) is 3.85. The van der Waals surface area contributed by atoms with Crippen molar-refractivity contribution < 1.29 is 14.1 Å². The van der Waals surface area contributed by atoms with Gasteiger partial charge in [0.25, 0.3) is 0 Å². The Morgan fingerprint density at radius 3 is 2.55 bits per heavy atom. The molecule has 1 aromatic carbocycles. The Morgan fingerprint density at radius 2 is 2.00 bits per heavy atom. The van der Waals surface area contributed by atoms with Crippen molar-refractivity contribution in [3.05, 3.63) is 35.5 Å². The fourth-order valence-electron chi connectivity index (χ4n) is 2.04. The van der Waals surface area contributed by atoms with E-state index in [2.05, 4.69) is 25.9 Å². The van der Waals surface area contributed by atoms with Gasteiger partial charge < -0.3 is 9.26 Å². The molecule has 0 unspecified atom stereocenters. The molecule has 106 valence electrons. The third-order valence-corrected chi connectivity index (χ3v) is 3.26. The van der Waals surface area contributed by atoms with Crippen LogP contribution in [0.4, 0.5) is 0 Å². The zero-order chi connectivity index (χ0) is 14.9. The largest absolute Gasteiger partial charge is 0.496 e. The molecular formula is C16H19NO3. The van der Waals surface area contributed by atoms with Crippen molar-refractivity contribution in [3.8, 4) is 17.1 Å². The van der Waals surface area contributed by atoms with E-state index in [9.17, 15) is 4.79 Å². The van der Waals surface area contributed by atoms with Crippen LogP contribution in [0.25, 0.3) is 11.3 Å². The van der Waals surface area contributed by atoms with E-state index in [0.29, 0.717) is 17.1 Å². The Hall–Kier alpha value is -2.10. The first kappa shape index (κ1) is 14.3. The van der Waals surface area contributed by atoms with Gasteiger partial charge in [-0.3, -0.25) is 4.79 Å². The molecule has 0 fully saturated rings. The molecule has 20 heavy (non-hydrogen) atoms. The lowest BCUT2D eigenvalue weighted by atomic mass is 9.85. The summed E-state index contributed by atoms with van der Waals surface area (Å²) in [6.07, 6.45) is 1.45. The highest BCUT2D eigenvalue weighted by Gasteiger charge is 2.21. The Labute approximate surface area is 118 Å². The first-order valence-electron chi connectivity index (χ1n) is 6.49. The number of Topliss-reactive ketones (excluding diaryl/α,β-unsaturated/α-hetero) is 1. The molecule has 0 amide bonds. The predicted molar refractivity (Wildman–Crippen MR) is 77.2 cm³/mol. The maximum absolute atomic E-state index is 11.6. The number of benzene rings is 1. The lowest BCUT2D eigenvalue weighted by Crippen LogP contribution is -2.11. The first-order valence-corrected chi connectivity index (χ1v) is 6.49. The fraction of sp³-hybridized carbons (Fsp3) is 0.375. The Bertz CT molecular complexity index is 635. The third-order valence-electron chi connectivity index (χ3n) is 3.26. The average molecular weight is 273 g/mol. The van der Waals surface area contributed by atoms with Crippen LogP contribution in [0, 0.1) is 0 Å². The maximum Gasteiger partial charge on any atom is 0.181 e. The maximum atomic E-state index is 11.6. The van der Waals surface area contributed by atoms with Gasteiger partial charge in [0.05, 0.1) is 24.4 Å². The Balaban J connectivity index is 2.65. The minimum atomic E-state index is -0.0792. The van der Waals surface area contributed by atoms with Crippen LogP contribution >= 0.6 is 0 Å². The number of carbonyl (C=O) groups is 1. The number of nitrogens with zero attached hydrogens (tertiary/aromatic N) is 1. The minimum Gasteiger partial charge on any atom is -0.496 e. The first-order chi connectivity index (χ1) is 9.34. The molecule has 4 nitrogen and oxygen atoms in total. The third kappa shape index (κ3) is 2.59. The van der Waals surface area contributed by atoms with E-state index < -0.39 is 0 Å². The van der Waals surface area contributed by atoms with Gasteiger partial charge in [0.1, 0.15) is 5.75 Å². The summed E-state index contributed by atoms with van der Waals surface area (Å²) in [5.41, 5.74) is 2.36. The average Bonchev–Trinajstić information content (AvgIpc) is 2.86. The van der Waals surface area contributed by atoms with Gasteiger partial charge in [0, 0.05) is 0 Å². The van der Waals surface area contributed by atoms with E-state index in [1.807, 2.05) is 18.2 Å². The molecule has 4 heteroatoms. The van der Waals surface area contributed by atoms with Gasteiger partial charge in [-0.2, -0.15) is 0 Å². The van der Waals surface area contributed by atoms with Crippen LogP contribution in [0.3, 0.4) is 0 Å². The zero-order valence-electron chi connectivity index (χ0n) is 12.5. The second kappa shape index (κ2) is 5.12. The molecule has 2 rings (SSSR count). The summed E-state index contributed by atoms with van der Waals surface area (Å²) >= 11 is 0. The van der Waals surface area contributed by atoms with E-state index >= 15 is 0 Å². The highest BCUT2D eigenvalue weighted by Crippen LogP contribution is 2.36. The molecular weight excluding hydrogens is 254 g/mol. The summed E-state index contributed by atoms with van der Waals surface area (Å²) in [7, 11) is 1.60. The lowest BCUT2D eigenvalue weighted by Gasteiger charge is -2.20. The summed E-state index contributed by atoms with van der Waals surface area (Å²) in [6, 6.07) is 5.90. The van der Waals surface area contributed by atoms with Crippen molar-refractivity contribution in [2.24, 2.45) is 0 Å². The van der Waals surface area contributed by atoms with Crippen molar-refractivity contribution in [3.63, 3.8) is 0 Å². The molecule has 0 spiro atoms. The van der Waals surface area contributed by atoms with Crippen molar-refractivity contribution >= 4 is 5.78 Å². The number of methoxy groups -OCH3 is 1. The number of carbonyl (C=O) groups excluding carboxylic acids is 1. The smallest absolute Gasteiger partial charge is 0.181 e. The van der Waals surface area contributed by atoms with E-state index in [1.54, 1.807) is 7.11 Å². The quantitative estimate of drug-likeness (QED) is 0.797. The van der Waals surface area contributed by atoms with E-state index in [1.165, 1.54) is 13.1 Å². The van der Waals surface area contributed by atoms with Crippen LogP contribution in [0.5, 0.6) is 5.75 Å². The molecule has 0 N–H and O–H groups in total. The molecule has 2 aromatic rings. The van der Waals surface area contributed by atoms with Crippen LogP contribution in [0.1, 0.15) is 43.6 Å². The number of ketones is 1. The van der Waals surface area contributed by atoms with Gasteiger partial charge in [-0.05, 0) is 30.0 Å². The lowest BCUT2D eigenvalue weighted by molar-refractivity contribution is 0.101. The molecule has 0 radical (unpaired) electrons. The van der Waals surface area contributed by atoms with E-state index in [4.69, 9.17) is 9.26 Å². The van der Waals surface area contributed by atoms with Gasteiger partial charge in [-0.1, -0.05) is 32.0 Å². The van der Waals surface area contributed by atoms with Crippen molar-refractivity contribution in [2.45, 2.75) is 33.1 Å². The SMILES string of the molecule is COc1ccc(C(C)(C)C)cc1-c1oncc1C(C)=O. The normalized spacial score (nSPS) is 11.4. The number of ether oxygens (including phenoxy) is 1. The van der Waals surface area contributed by atoms with Crippen LogP contribution in [0.2, 0.25) is 0 Å². The van der Waals surface area contributed by atoms with Crippen LogP contribution in [0.15, 0.2) is 28.9 Å². The summed E-state index contributed by atoms with van der Waals surface area (Å²) in [6.45, 7) is 7.89. The summed E-state index contributed by atoms with van der Waals surface area (Å²) in [5.74, 6) is 1.04. The monoisotopic (exact) mass is 273 g/mol. The molecule has 1 aromatic heterocycles. The topological polar surface area (TPSA) is 52.3 Å². The van der Waals surface area contributed by atoms with Crippen LogP contribution < -0.4 is 4.74 Å². The van der Waals surface area contributed by atoms with Crippen molar-refractivity contribution in [2.75, 3.05) is 7.11 Å². The molecule has 0 atom stereocenters. The number of rotatable bonds is 3. The molecule has 0 bridgehead atoms. The van der Waals surface area contributed by atoms with E-state index in [-0.39, 0.29) is 11.2 Å².